The molecule has 8 heteroatoms. The second kappa shape index (κ2) is 8.81. The molecule has 1 aliphatic rings. The summed E-state index contributed by atoms with van der Waals surface area (Å²) in [6.07, 6.45) is 0.539. The molecule has 2 aromatic heterocycles. The zero-order valence-electron chi connectivity index (χ0n) is 18.7. The monoisotopic (exact) mass is 461 g/mol. The molecule has 34 heavy (non-hydrogen) atoms. The van der Waals surface area contributed by atoms with Crippen molar-refractivity contribution in [3.05, 3.63) is 82.0 Å². The standard InChI is InChI=1S/C26H23NO7/c1-31-20-10-9-19-21-23(17-7-3-4-8-18(17)24(21)29)27(26(30)22(19)25(20)32-2)12-15(28)13-33-14-16-6-5-11-34-16/h3-11,15,28H,12-14H2,1-2H3/t15-/m1/s1. The fraction of sp³-hybridized carbons (Fsp3) is 0.231. The summed E-state index contributed by atoms with van der Waals surface area (Å²) in [5, 5.41) is 11.5. The third-order valence-corrected chi connectivity index (χ3v) is 5.96. The van der Waals surface area contributed by atoms with Gasteiger partial charge in [0, 0.05) is 16.5 Å². The van der Waals surface area contributed by atoms with Crippen molar-refractivity contribution < 1.29 is 28.5 Å². The quantitative estimate of drug-likeness (QED) is 0.378. The van der Waals surface area contributed by atoms with Crippen molar-refractivity contribution >= 4 is 16.6 Å². The van der Waals surface area contributed by atoms with Crippen LogP contribution in [0, 0.1) is 0 Å². The maximum atomic E-state index is 13.8. The van der Waals surface area contributed by atoms with Gasteiger partial charge in [-0.15, -0.1) is 0 Å². The summed E-state index contributed by atoms with van der Waals surface area (Å²) in [5.41, 5.74) is 1.66. The summed E-state index contributed by atoms with van der Waals surface area (Å²) in [4.78, 5) is 27.2. The van der Waals surface area contributed by atoms with E-state index in [0.717, 1.165) is 0 Å². The first-order valence-corrected chi connectivity index (χ1v) is 10.8. The first kappa shape index (κ1) is 21.9. The average Bonchev–Trinajstić information content (AvgIpc) is 3.47. The van der Waals surface area contributed by atoms with Crippen LogP contribution in [0.15, 0.2) is 64.0 Å². The van der Waals surface area contributed by atoms with Gasteiger partial charge in [0.05, 0.1) is 56.4 Å². The molecule has 4 aromatic rings. The highest BCUT2D eigenvalue weighted by atomic mass is 16.5. The number of hydrogen-bond acceptors (Lipinski definition) is 7. The van der Waals surface area contributed by atoms with Gasteiger partial charge < -0.3 is 28.3 Å². The van der Waals surface area contributed by atoms with Crippen LogP contribution in [-0.4, -0.2) is 42.4 Å². The smallest absolute Gasteiger partial charge is 0.262 e. The SMILES string of the molecule is COc1ccc2c3c(n(C[C@@H](O)COCc4ccco4)c(=O)c2c1OC)-c1ccccc1C3=O. The Kier molecular flexibility index (Phi) is 5.69. The van der Waals surface area contributed by atoms with Gasteiger partial charge in [-0.05, 0) is 24.3 Å². The zero-order valence-corrected chi connectivity index (χ0v) is 18.7. The molecular formula is C26H23NO7. The predicted molar refractivity (Wildman–Crippen MR) is 125 cm³/mol. The molecule has 1 aliphatic carbocycles. The maximum Gasteiger partial charge on any atom is 0.262 e. The Morgan fingerprint density at radius 2 is 1.79 bits per heavy atom. The molecule has 2 heterocycles. The van der Waals surface area contributed by atoms with Crippen LogP contribution in [0.4, 0.5) is 0 Å². The Bertz CT molecular complexity index is 1440. The van der Waals surface area contributed by atoms with E-state index in [0.29, 0.717) is 39.3 Å². The molecule has 0 bridgehead atoms. The van der Waals surface area contributed by atoms with Crippen LogP contribution in [-0.2, 0) is 17.9 Å². The third kappa shape index (κ3) is 3.48. The van der Waals surface area contributed by atoms with Crippen LogP contribution < -0.4 is 15.0 Å². The molecule has 0 saturated carbocycles. The van der Waals surface area contributed by atoms with E-state index in [1.165, 1.54) is 18.8 Å². The second-order valence-electron chi connectivity index (χ2n) is 7.99. The van der Waals surface area contributed by atoms with E-state index in [1.807, 2.05) is 6.07 Å². The van der Waals surface area contributed by atoms with Crippen molar-refractivity contribution in [1.29, 1.82) is 0 Å². The number of rotatable bonds is 8. The summed E-state index contributed by atoms with van der Waals surface area (Å²) < 4.78 is 23.1. The summed E-state index contributed by atoms with van der Waals surface area (Å²) >= 11 is 0. The minimum Gasteiger partial charge on any atom is -0.493 e. The maximum absolute atomic E-state index is 13.8. The van der Waals surface area contributed by atoms with Crippen molar-refractivity contribution in [3.63, 3.8) is 0 Å². The van der Waals surface area contributed by atoms with E-state index in [-0.39, 0.29) is 42.2 Å². The van der Waals surface area contributed by atoms with Crippen molar-refractivity contribution in [2.75, 3.05) is 20.8 Å². The van der Waals surface area contributed by atoms with Crippen molar-refractivity contribution in [2.24, 2.45) is 0 Å². The van der Waals surface area contributed by atoms with Gasteiger partial charge >= 0.3 is 0 Å². The number of carbonyl (C=O) groups excluding carboxylic acids is 1. The van der Waals surface area contributed by atoms with Gasteiger partial charge in [-0.25, -0.2) is 0 Å². The van der Waals surface area contributed by atoms with E-state index in [9.17, 15) is 14.7 Å². The minimum absolute atomic E-state index is 0.0230. The van der Waals surface area contributed by atoms with Gasteiger partial charge in [0.15, 0.2) is 17.3 Å². The van der Waals surface area contributed by atoms with Gasteiger partial charge in [-0.2, -0.15) is 0 Å². The lowest BCUT2D eigenvalue weighted by Gasteiger charge is -2.19. The number of methoxy groups -OCH3 is 2. The highest BCUT2D eigenvalue weighted by molar-refractivity contribution is 6.27. The predicted octanol–water partition coefficient (Wildman–Crippen LogP) is 3.40. The lowest BCUT2D eigenvalue weighted by molar-refractivity contribution is 0.0145. The summed E-state index contributed by atoms with van der Waals surface area (Å²) in [5.74, 6) is 1.07. The number of pyridine rings is 1. The zero-order chi connectivity index (χ0) is 23.8. The van der Waals surface area contributed by atoms with Gasteiger partial charge in [0.2, 0.25) is 0 Å². The molecule has 1 atom stereocenters. The number of aliphatic hydroxyl groups excluding tert-OH is 1. The summed E-state index contributed by atoms with van der Waals surface area (Å²) in [7, 11) is 2.93. The Balaban J connectivity index is 1.64. The number of aliphatic hydroxyl groups is 1. The van der Waals surface area contributed by atoms with E-state index >= 15 is 0 Å². The second-order valence-corrected chi connectivity index (χ2v) is 7.99. The van der Waals surface area contributed by atoms with E-state index in [1.54, 1.807) is 48.7 Å². The summed E-state index contributed by atoms with van der Waals surface area (Å²) in [6, 6.07) is 14.1. The van der Waals surface area contributed by atoms with Gasteiger partial charge in [0.1, 0.15) is 12.4 Å². The van der Waals surface area contributed by atoms with Crippen LogP contribution in [0.3, 0.4) is 0 Å². The first-order chi connectivity index (χ1) is 16.5. The molecule has 5 rings (SSSR count). The Morgan fingerprint density at radius 3 is 2.50 bits per heavy atom. The molecule has 0 fully saturated rings. The molecule has 0 amide bonds. The summed E-state index contributed by atoms with van der Waals surface area (Å²) in [6.45, 7) is 0.100. The first-order valence-electron chi connectivity index (χ1n) is 10.8. The number of aromatic nitrogens is 1. The number of hydrogen-bond donors (Lipinski definition) is 1. The molecule has 8 nitrogen and oxygen atoms in total. The fourth-order valence-electron chi connectivity index (χ4n) is 4.51. The lowest BCUT2D eigenvalue weighted by Crippen LogP contribution is -2.31. The number of nitrogens with zero attached hydrogens (tertiary/aromatic N) is 1. The molecule has 174 valence electrons. The topological polar surface area (TPSA) is 100 Å². The van der Waals surface area contributed by atoms with Crippen LogP contribution in [0.1, 0.15) is 21.7 Å². The van der Waals surface area contributed by atoms with Gasteiger partial charge in [-0.1, -0.05) is 24.3 Å². The van der Waals surface area contributed by atoms with Crippen LogP contribution >= 0.6 is 0 Å². The van der Waals surface area contributed by atoms with E-state index < -0.39 is 6.10 Å². The van der Waals surface area contributed by atoms with Crippen molar-refractivity contribution in [3.8, 4) is 22.8 Å². The van der Waals surface area contributed by atoms with Crippen LogP contribution in [0.5, 0.6) is 11.5 Å². The molecule has 0 saturated heterocycles. The average molecular weight is 461 g/mol. The highest BCUT2D eigenvalue weighted by Gasteiger charge is 2.34. The Hall–Kier alpha value is -3.88. The van der Waals surface area contributed by atoms with E-state index in [4.69, 9.17) is 18.6 Å². The normalized spacial score (nSPS) is 13.1. The fourth-order valence-corrected chi connectivity index (χ4v) is 4.51. The molecule has 0 radical (unpaired) electrons. The van der Waals surface area contributed by atoms with Gasteiger partial charge in [0.25, 0.3) is 5.56 Å². The van der Waals surface area contributed by atoms with Crippen LogP contribution in [0.2, 0.25) is 0 Å². The Morgan fingerprint density at radius 1 is 1.00 bits per heavy atom. The number of carbonyl (C=O) groups is 1. The number of fused-ring (bicyclic) bond motifs is 5. The lowest BCUT2D eigenvalue weighted by atomic mass is 10.0. The number of ketones is 1. The number of furan rings is 1. The minimum atomic E-state index is -1.01. The van der Waals surface area contributed by atoms with Crippen LogP contribution in [0.25, 0.3) is 22.0 Å². The number of benzene rings is 2. The van der Waals surface area contributed by atoms with Crippen molar-refractivity contribution in [2.45, 2.75) is 19.3 Å². The molecule has 0 spiro atoms. The van der Waals surface area contributed by atoms with Crippen molar-refractivity contribution in [1.82, 2.24) is 4.57 Å². The molecule has 2 aromatic carbocycles. The Labute approximate surface area is 194 Å². The largest absolute Gasteiger partial charge is 0.493 e. The van der Waals surface area contributed by atoms with Gasteiger partial charge in [-0.3, -0.25) is 9.59 Å². The molecule has 0 unspecified atom stereocenters. The highest BCUT2D eigenvalue weighted by Crippen LogP contribution is 2.43. The molecular weight excluding hydrogens is 438 g/mol. The third-order valence-electron chi connectivity index (χ3n) is 5.96. The van der Waals surface area contributed by atoms with E-state index in [2.05, 4.69) is 0 Å². The molecule has 0 aliphatic heterocycles. The number of ether oxygens (including phenoxy) is 3. The molecule has 1 N–H and O–H groups in total.